The second-order valence-electron chi connectivity index (χ2n) is 2.86. The third kappa shape index (κ3) is 2.25. The van der Waals surface area contributed by atoms with E-state index in [2.05, 4.69) is 54.1 Å². The molecule has 0 radical (unpaired) electrons. The lowest BCUT2D eigenvalue weighted by molar-refractivity contribution is 1.02. The van der Waals surface area contributed by atoms with Crippen LogP contribution in [-0.2, 0) is 0 Å². The molecule has 0 amide bonds. The summed E-state index contributed by atoms with van der Waals surface area (Å²) in [5.74, 6) is 0. The van der Waals surface area contributed by atoms with Gasteiger partial charge in [0.25, 0.3) is 0 Å². The number of rotatable bonds is 1. The Labute approximate surface area is 86.0 Å². The van der Waals surface area contributed by atoms with Gasteiger partial charge in [0.15, 0.2) is 0 Å². The third-order valence-corrected chi connectivity index (χ3v) is 1.99. The van der Waals surface area contributed by atoms with E-state index in [1.807, 2.05) is 19.9 Å². The second kappa shape index (κ2) is 5.28. The molecule has 0 bridgehead atoms. The summed E-state index contributed by atoms with van der Waals surface area (Å²) in [4.78, 5) is 0. The highest BCUT2D eigenvalue weighted by molar-refractivity contribution is 5.34. The summed E-state index contributed by atoms with van der Waals surface area (Å²) >= 11 is 0. The number of hydrogen-bond acceptors (Lipinski definition) is 0. The van der Waals surface area contributed by atoms with Gasteiger partial charge in [0, 0.05) is 17.6 Å². The molecule has 0 unspecified atom stereocenters. The lowest BCUT2D eigenvalue weighted by atomic mass is 10.3. The highest BCUT2D eigenvalue weighted by atomic mass is 15.0. The molecule has 1 heteroatoms. The summed E-state index contributed by atoms with van der Waals surface area (Å²) in [5.41, 5.74) is 2.49. The molecule has 0 N–H and O–H groups in total. The molecule has 0 saturated carbocycles. The van der Waals surface area contributed by atoms with Crippen molar-refractivity contribution in [3.05, 3.63) is 54.4 Å². The highest BCUT2D eigenvalue weighted by Crippen LogP contribution is 2.10. The number of hydrogen-bond donors (Lipinski definition) is 0. The first kappa shape index (κ1) is 10.6. The number of aryl methyl sites for hydroxylation is 1. The Morgan fingerprint density at radius 1 is 0.857 bits per heavy atom. The van der Waals surface area contributed by atoms with E-state index in [0.717, 1.165) is 0 Å². The van der Waals surface area contributed by atoms with Crippen molar-refractivity contribution in [2.24, 2.45) is 0 Å². The molecule has 0 fully saturated rings. The van der Waals surface area contributed by atoms with Crippen molar-refractivity contribution in [1.82, 2.24) is 4.57 Å². The van der Waals surface area contributed by atoms with E-state index in [9.17, 15) is 0 Å². The van der Waals surface area contributed by atoms with Gasteiger partial charge in [-0.2, -0.15) is 0 Å². The van der Waals surface area contributed by atoms with Crippen molar-refractivity contribution in [2.75, 3.05) is 0 Å². The van der Waals surface area contributed by atoms with Crippen LogP contribution < -0.4 is 0 Å². The summed E-state index contributed by atoms with van der Waals surface area (Å²) in [6.45, 7) is 6.10. The van der Waals surface area contributed by atoms with Crippen LogP contribution in [0.3, 0.4) is 0 Å². The lowest BCUT2D eigenvalue weighted by Gasteiger charge is -2.04. The average molecular weight is 187 g/mol. The maximum absolute atomic E-state index is 2.17. The fraction of sp³-hybridized carbons (Fsp3) is 0.231. The molecule has 2 aromatic rings. The van der Waals surface area contributed by atoms with Crippen molar-refractivity contribution >= 4 is 0 Å². The molecule has 0 atom stereocenters. The molecule has 1 aromatic carbocycles. The minimum absolute atomic E-state index is 1.22. The van der Waals surface area contributed by atoms with Crippen molar-refractivity contribution in [3.63, 3.8) is 0 Å². The molecule has 1 heterocycles. The summed E-state index contributed by atoms with van der Waals surface area (Å²) in [6.07, 6.45) is 2.07. The highest BCUT2D eigenvalue weighted by Gasteiger charge is 1.95. The van der Waals surface area contributed by atoms with Crippen LogP contribution in [0.1, 0.15) is 19.5 Å². The van der Waals surface area contributed by atoms with Crippen molar-refractivity contribution in [2.45, 2.75) is 20.8 Å². The van der Waals surface area contributed by atoms with Crippen LogP contribution >= 0.6 is 0 Å². The summed E-state index contributed by atoms with van der Waals surface area (Å²) < 4.78 is 2.17. The van der Waals surface area contributed by atoms with Crippen LogP contribution in [0, 0.1) is 6.92 Å². The predicted molar refractivity (Wildman–Crippen MR) is 61.9 cm³/mol. The Kier molecular flexibility index (Phi) is 3.99. The van der Waals surface area contributed by atoms with Gasteiger partial charge in [0.2, 0.25) is 0 Å². The zero-order valence-electron chi connectivity index (χ0n) is 9.07. The fourth-order valence-electron chi connectivity index (χ4n) is 1.34. The van der Waals surface area contributed by atoms with Gasteiger partial charge >= 0.3 is 0 Å². The molecule has 0 aliphatic carbocycles. The van der Waals surface area contributed by atoms with Gasteiger partial charge in [-0.15, -0.1) is 0 Å². The molecule has 14 heavy (non-hydrogen) atoms. The molecule has 74 valence electrons. The zero-order chi connectivity index (χ0) is 10.4. The lowest BCUT2D eigenvalue weighted by Crippen LogP contribution is -1.92. The molecular weight excluding hydrogens is 170 g/mol. The van der Waals surface area contributed by atoms with E-state index in [-0.39, 0.29) is 0 Å². The SMILES string of the molecule is CC.Cc1cccn1-c1ccccc1. The van der Waals surface area contributed by atoms with Gasteiger partial charge < -0.3 is 4.57 Å². The van der Waals surface area contributed by atoms with Gasteiger partial charge in [-0.1, -0.05) is 32.0 Å². The fourth-order valence-corrected chi connectivity index (χ4v) is 1.34. The third-order valence-electron chi connectivity index (χ3n) is 1.99. The van der Waals surface area contributed by atoms with Gasteiger partial charge in [0.1, 0.15) is 0 Å². The van der Waals surface area contributed by atoms with Crippen molar-refractivity contribution in [1.29, 1.82) is 0 Å². The predicted octanol–water partition coefficient (Wildman–Crippen LogP) is 3.81. The summed E-state index contributed by atoms with van der Waals surface area (Å²) in [5, 5.41) is 0. The standard InChI is InChI=1S/C11H11N.C2H6/c1-10-6-5-9-12(10)11-7-3-2-4-8-11;1-2/h2-9H,1H3;1-2H3. The van der Waals surface area contributed by atoms with Crippen LogP contribution in [-0.4, -0.2) is 4.57 Å². The monoisotopic (exact) mass is 187 g/mol. The van der Waals surface area contributed by atoms with Gasteiger partial charge in [0.05, 0.1) is 0 Å². The number of para-hydroxylation sites is 1. The average Bonchev–Trinajstić information content (AvgIpc) is 2.69. The van der Waals surface area contributed by atoms with Gasteiger partial charge in [-0.05, 0) is 31.2 Å². The van der Waals surface area contributed by atoms with Crippen LogP contribution in [0.2, 0.25) is 0 Å². The molecule has 0 saturated heterocycles. The Balaban J connectivity index is 0.000000461. The van der Waals surface area contributed by atoms with E-state index in [1.54, 1.807) is 0 Å². The molecule has 0 spiro atoms. The first-order chi connectivity index (χ1) is 6.88. The Hall–Kier alpha value is -1.50. The van der Waals surface area contributed by atoms with E-state index in [4.69, 9.17) is 0 Å². The van der Waals surface area contributed by atoms with E-state index in [0.29, 0.717) is 0 Å². The largest absolute Gasteiger partial charge is 0.321 e. The maximum Gasteiger partial charge on any atom is 0.0452 e. The van der Waals surface area contributed by atoms with Crippen LogP contribution in [0.15, 0.2) is 48.7 Å². The van der Waals surface area contributed by atoms with Gasteiger partial charge in [-0.3, -0.25) is 0 Å². The number of nitrogens with zero attached hydrogens (tertiary/aromatic N) is 1. The Bertz CT molecular complexity index is 360. The van der Waals surface area contributed by atoms with Crippen LogP contribution in [0.25, 0.3) is 5.69 Å². The van der Waals surface area contributed by atoms with Gasteiger partial charge in [-0.25, -0.2) is 0 Å². The number of aromatic nitrogens is 1. The van der Waals surface area contributed by atoms with Crippen LogP contribution in [0.5, 0.6) is 0 Å². The Morgan fingerprint density at radius 2 is 1.50 bits per heavy atom. The minimum atomic E-state index is 1.22. The molecule has 1 aromatic heterocycles. The van der Waals surface area contributed by atoms with E-state index >= 15 is 0 Å². The minimum Gasteiger partial charge on any atom is -0.321 e. The molecular formula is C13H17N. The number of benzene rings is 1. The summed E-state index contributed by atoms with van der Waals surface area (Å²) in [6, 6.07) is 14.5. The summed E-state index contributed by atoms with van der Waals surface area (Å²) in [7, 11) is 0. The van der Waals surface area contributed by atoms with Crippen molar-refractivity contribution in [3.8, 4) is 5.69 Å². The quantitative estimate of drug-likeness (QED) is 0.639. The van der Waals surface area contributed by atoms with E-state index < -0.39 is 0 Å². The van der Waals surface area contributed by atoms with E-state index in [1.165, 1.54) is 11.4 Å². The smallest absolute Gasteiger partial charge is 0.0452 e. The van der Waals surface area contributed by atoms with Crippen molar-refractivity contribution < 1.29 is 0 Å². The molecule has 0 aliphatic rings. The van der Waals surface area contributed by atoms with Crippen LogP contribution in [0.4, 0.5) is 0 Å². The maximum atomic E-state index is 2.17. The zero-order valence-corrected chi connectivity index (χ0v) is 9.07. The first-order valence-corrected chi connectivity index (χ1v) is 5.07. The molecule has 0 aliphatic heterocycles. The second-order valence-corrected chi connectivity index (χ2v) is 2.86. The molecule has 1 nitrogen and oxygen atoms in total. The topological polar surface area (TPSA) is 4.93 Å². The normalized spacial score (nSPS) is 9.07. The Morgan fingerprint density at radius 3 is 2.00 bits per heavy atom. The molecule has 2 rings (SSSR count). The first-order valence-electron chi connectivity index (χ1n) is 5.07.